The fraction of sp³-hybridized carbons (Fsp3) is 0.111. The zero-order valence-corrected chi connectivity index (χ0v) is 13.1. The second-order valence-electron chi connectivity index (χ2n) is 5.44. The summed E-state index contributed by atoms with van der Waals surface area (Å²) in [6.45, 7) is 1.90. The molecule has 0 saturated heterocycles. The van der Waals surface area contributed by atoms with Crippen LogP contribution in [0.25, 0.3) is 10.9 Å². The van der Waals surface area contributed by atoms with Gasteiger partial charge in [-0.3, -0.25) is 9.59 Å². The van der Waals surface area contributed by atoms with Crippen LogP contribution in [0.2, 0.25) is 5.02 Å². The van der Waals surface area contributed by atoms with Gasteiger partial charge in [0.25, 0.3) is 0 Å². The number of ketones is 1. The molecule has 4 nitrogen and oxygen atoms in total. The van der Waals surface area contributed by atoms with E-state index in [1.165, 1.54) is 0 Å². The average Bonchev–Trinajstić information content (AvgIpc) is 2.83. The molecule has 2 N–H and O–H groups in total. The number of carboxylic acid groups (broad SMARTS) is 1. The van der Waals surface area contributed by atoms with Crippen LogP contribution in [0.1, 0.15) is 27.2 Å². The van der Waals surface area contributed by atoms with Gasteiger partial charge in [0.1, 0.15) is 0 Å². The first-order valence-electron chi connectivity index (χ1n) is 7.09. The summed E-state index contributed by atoms with van der Waals surface area (Å²) in [6.07, 6.45) is -0.228. The van der Waals surface area contributed by atoms with E-state index < -0.39 is 5.97 Å². The fourth-order valence-corrected chi connectivity index (χ4v) is 2.86. The van der Waals surface area contributed by atoms with E-state index in [0.717, 1.165) is 5.56 Å². The maximum atomic E-state index is 12.8. The van der Waals surface area contributed by atoms with Crippen LogP contribution in [0.4, 0.5) is 0 Å². The van der Waals surface area contributed by atoms with Crippen molar-refractivity contribution in [1.82, 2.24) is 4.98 Å². The lowest BCUT2D eigenvalue weighted by atomic mass is 10.0. The van der Waals surface area contributed by atoms with Crippen LogP contribution in [0.3, 0.4) is 0 Å². The number of carbonyl (C=O) groups excluding carboxylic acids is 1. The Kier molecular flexibility index (Phi) is 3.92. The summed E-state index contributed by atoms with van der Waals surface area (Å²) in [6, 6.07) is 12.3. The van der Waals surface area contributed by atoms with Crippen LogP contribution in [0.15, 0.2) is 42.5 Å². The number of nitrogens with one attached hydrogen (secondary N) is 1. The zero-order valence-electron chi connectivity index (χ0n) is 12.4. The quantitative estimate of drug-likeness (QED) is 0.712. The first-order valence-corrected chi connectivity index (χ1v) is 7.47. The van der Waals surface area contributed by atoms with Crippen LogP contribution in [0, 0.1) is 6.92 Å². The smallest absolute Gasteiger partial charge is 0.307 e. The van der Waals surface area contributed by atoms with E-state index in [0.29, 0.717) is 32.7 Å². The predicted molar refractivity (Wildman–Crippen MR) is 89.3 cm³/mol. The van der Waals surface area contributed by atoms with Gasteiger partial charge in [-0.05, 0) is 25.1 Å². The molecule has 0 aliphatic rings. The van der Waals surface area contributed by atoms with Gasteiger partial charge in [-0.25, -0.2) is 0 Å². The molecule has 1 aromatic heterocycles. The Balaban J connectivity index is 2.19. The van der Waals surface area contributed by atoms with Gasteiger partial charge in [0.05, 0.1) is 12.1 Å². The predicted octanol–water partition coefficient (Wildman–Crippen LogP) is 3.99. The topological polar surface area (TPSA) is 70.2 Å². The van der Waals surface area contributed by atoms with E-state index in [1.54, 1.807) is 36.4 Å². The molecule has 5 heteroatoms. The molecule has 0 unspecified atom stereocenters. The van der Waals surface area contributed by atoms with Gasteiger partial charge in [0, 0.05) is 27.1 Å². The van der Waals surface area contributed by atoms with Crippen molar-refractivity contribution >= 4 is 34.3 Å². The van der Waals surface area contributed by atoms with E-state index in [1.807, 2.05) is 13.0 Å². The molecule has 116 valence electrons. The van der Waals surface area contributed by atoms with Crippen molar-refractivity contribution in [1.29, 1.82) is 0 Å². The third-order valence-corrected chi connectivity index (χ3v) is 3.94. The normalized spacial score (nSPS) is 10.9. The van der Waals surface area contributed by atoms with Gasteiger partial charge < -0.3 is 10.1 Å². The Morgan fingerprint density at radius 1 is 1.17 bits per heavy atom. The number of aromatic nitrogens is 1. The molecule has 0 saturated carbocycles. The van der Waals surface area contributed by atoms with Gasteiger partial charge in [0.2, 0.25) is 5.78 Å². The minimum absolute atomic E-state index is 0.225. The van der Waals surface area contributed by atoms with Crippen LogP contribution in [0.5, 0.6) is 0 Å². The molecule has 3 rings (SSSR count). The second-order valence-corrected chi connectivity index (χ2v) is 5.87. The van der Waals surface area contributed by atoms with E-state index >= 15 is 0 Å². The largest absolute Gasteiger partial charge is 0.481 e. The molecular formula is C18H14ClNO3. The average molecular weight is 328 g/mol. The second kappa shape index (κ2) is 5.89. The number of aliphatic carboxylic acids is 1. The molecule has 0 bridgehead atoms. The number of fused-ring (bicyclic) bond motifs is 1. The third-order valence-electron chi connectivity index (χ3n) is 3.70. The van der Waals surface area contributed by atoms with Crippen molar-refractivity contribution < 1.29 is 14.7 Å². The highest BCUT2D eigenvalue weighted by atomic mass is 35.5. The number of aromatic amines is 1. The number of halogens is 1. The molecule has 0 fully saturated rings. The molecule has 2 aromatic carbocycles. The van der Waals surface area contributed by atoms with Crippen molar-refractivity contribution in [2.75, 3.05) is 0 Å². The molecule has 0 radical (unpaired) electrons. The standard InChI is InChI=1S/C18H14ClNO3/c1-10-3-2-4-11(7-10)18(23)17-14(9-16(21)22)13-6-5-12(19)8-15(13)20-17/h2-8,20H,9H2,1H3,(H,21,22). The van der Waals surface area contributed by atoms with Crippen molar-refractivity contribution in [3.05, 3.63) is 69.9 Å². The van der Waals surface area contributed by atoms with Gasteiger partial charge in [-0.15, -0.1) is 0 Å². The summed E-state index contributed by atoms with van der Waals surface area (Å²) in [5.41, 5.74) is 2.93. The summed E-state index contributed by atoms with van der Waals surface area (Å²) in [4.78, 5) is 27.0. The van der Waals surface area contributed by atoms with Gasteiger partial charge in [0.15, 0.2) is 0 Å². The van der Waals surface area contributed by atoms with Crippen LogP contribution in [-0.2, 0) is 11.2 Å². The van der Waals surface area contributed by atoms with Crippen molar-refractivity contribution in [2.24, 2.45) is 0 Å². The number of hydrogen-bond acceptors (Lipinski definition) is 2. The minimum Gasteiger partial charge on any atom is -0.481 e. The molecule has 0 aliphatic carbocycles. The van der Waals surface area contributed by atoms with Gasteiger partial charge in [-0.1, -0.05) is 41.4 Å². The summed E-state index contributed by atoms with van der Waals surface area (Å²) >= 11 is 5.98. The molecule has 0 spiro atoms. The first-order chi connectivity index (χ1) is 11.0. The van der Waals surface area contributed by atoms with E-state index in [9.17, 15) is 9.59 Å². The maximum Gasteiger partial charge on any atom is 0.307 e. The Bertz CT molecular complexity index is 927. The highest BCUT2D eigenvalue weighted by Crippen LogP contribution is 2.27. The van der Waals surface area contributed by atoms with Gasteiger partial charge in [-0.2, -0.15) is 0 Å². The summed E-state index contributed by atoms with van der Waals surface area (Å²) in [7, 11) is 0. The zero-order chi connectivity index (χ0) is 16.6. The van der Waals surface area contributed by atoms with Gasteiger partial charge >= 0.3 is 5.97 Å². The van der Waals surface area contributed by atoms with E-state index in [2.05, 4.69) is 4.98 Å². The lowest BCUT2D eigenvalue weighted by Gasteiger charge is -2.03. The Morgan fingerprint density at radius 3 is 2.65 bits per heavy atom. The number of rotatable bonds is 4. The number of benzene rings is 2. The Labute approximate surface area is 137 Å². The molecule has 23 heavy (non-hydrogen) atoms. The molecule has 3 aromatic rings. The summed E-state index contributed by atoms with van der Waals surface area (Å²) < 4.78 is 0. The SMILES string of the molecule is Cc1cccc(C(=O)c2[nH]c3cc(Cl)ccc3c2CC(=O)O)c1. The first kappa shape index (κ1) is 15.3. The Hall–Kier alpha value is -2.59. The third kappa shape index (κ3) is 2.98. The summed E-state index contributed by atoms with van der Waals surface area (Å²) in [5.74, 6) is -1.21. The summed E-state index contributed by atoms with van der Waals surface area (Å²) in [5, 5.41) is 10.4. The minimum atomic E-state index is -0.987. The van der Waals surface area contributed by atoms with E-state index in [4.69, 9.17) is 16.7 Å². The van der Waals surface area contributed by atoms with Crippen LogP contribution in [-0.4, -0.2) is 21.8 Å². The lowest BCUT2D eigenvalue weighted by Crippen LogP contribution is -2.08. The maximum absolute atomic E-state index is 12.8. The number of carbonyl (C=O) groups is 2. The van der Waals surface area contributed by atoms with Crippen molar-refractivity contribution in [3.63, 3.8) is 0 Å². The molecule has 0 atom stereocenters. The molecular weight excluding hydrogens is 314 g/mol. The van der Waals surface area contributed by atoms with Crippen LogP contribution < -0.4 is 0 Å². The van der Waals surface area contributed by atoms with E-state index in [-0.39, 0.29) is 12.2 Å². The molecule has 1 heterocycles. The molecule has 0 aliphatic heterocycles. The monoisotopic (exact) mass is 327 g/mol. The van der Waals surface area contributed by atoms with Crippen molar-refractivity contribution in [3.8, 4) is 0 Å². The highest BCUT2D eigenvalue weighted by Gasteiger charge is 2.21. The lowest BCUT2D eigenvalue weighted by molar-refractivity contribution is -0.136. The number of carboxylic acids is 1. The highest BCUT2D eigenvalue weighted by molar-refractivity contribution is 6.31. The van der Waals surface area contributed by atoms with Crippen molar-refractivity contribution in [2.45, 2.75) is 13.3 Å². The number of H-pyrrole nitrogens is 1. The number of hydrogen-bond donors (Lipinski definition) is 2. The van der Waals surface area contributed by atoms with Crippen LogP contribution >= 0.6 is 11.6 Å². The number of aryl methyl sites for hydroxylation is 1. The Morgan fingerprint density at radius 2 is 1.96 bits per heavy atom. The molecule has 0 amide bonds. The fourth-order valence-electron chi connectivity index (χ4n) is 2.69.